The lowest BCUT2D eigenvalue weighted by atomic mass is 10.1. The Hall–Kier alpha value is -0.700. The van der Waals surface area contributed by atoms with Crippen LogP contribution in [0.3, 0.4) is 0 Å². The van der Waals surface area contributed by atoms with Crippen LogP contribution in [0.2, 0.25) is 0 Å². The Morgan fingerprint density at radius 1 is 1.67 bits per heavy atom. The molecule has 1 aliphatic rings. The smallest absolute Gasteiger partial charge is 0.262 e. The van der Waals surface area contributed by atoms with Gasteiger partial charge in [0.05, 0.1) is 0 Å². The van der Waals surface area contributed by atoms with Crippen molar-refractivity contribution in [2.24, 2.45) is 0 Å². The third-order valence-electron chi connectivity index (χ3n) is 1.13. The number of allylic oxidation sites excluding steroid dienone is 2. The van der Waals surface area contributed by atoms with Crippen LogP contribution < -0.4 is 0 Å². The summed E-state index contributed by atoms with van der Waals surface area (Å²) in [5.41, 5.74) is 0. The number of halogens is 2. The first-order valence-corrected chi connectivity index (χ1v) is 2.57. The van der Waals surface area contributed by atoms with Crippen LogP contribution in [-0.2, 0) is 0 Å². The molecule has 1 N–H and O–H groups in total. The SMILES string of the molecule is OC1(F)CC=CC=C1F. The molecule has 1 rings (SSSR count). The molecule has 0 radical (unpaired) electrons. The van der Waals surface area contributed by atoms with Gasteiger partial charge in [-0.2, -0.15) is 0 Å². The molecule has 0 aromatic carbocycles. The Morgan fingerprint density at radius 2 is 2.33 bits per heavy atom. The summed E-state index contributed by atoms with van der Waals surface area (Å²) in [5.74, 6) is -3.88. The van der Waals surface area contributed by atoms with Crippen molar-refractivity contribution in [1.82, 2.24) is 0 Å². The van der Waals surface area contributed by atoms with Crippen LogP contribution in [0.5, 0.6) is 0 Å². The van der Waals surface area contributed by atoms with Gasteiger partial charge in [0.25, 0.3) is 5.85 Å². The van der Waals surface area contributed by atoms with Crippen LogP contribution in [0.4, 0.5) is 8.78 Å². The molecule has 0 aliphatic heterocycles. The Bertz CT molecular complexity index is 170. The Balaban J connectivity index is 2.83. The third kappa shape index (κ3) is 1.16. The van der Waals surface area contributed by atoms with Crippen LogP contribution in [0.25, 0.3) is 0 Å². The third-order valence-corrected chi connectivity index (χ3v) is 1.13. The van der Waals surface area contributed by atoms with E-state index in [2.05, 4.69) is 0 Å². The van der Waals surface area contributed by atoms with Crippen molar-refractivity contribution < 1.29 is 13.9 Å². The van der Waals surface area contributed by atoms with E-state index in [0.29, 0.717) is 0 Å². The summed E-state index contributed by atoms with van der Waals surface area (Å²) in [4.78, 5) is 0. The van der Waals surface area contributed by atoms with Crippen molar-refractivity contribution in [3.63, 3.8) is 0 Å². The fourth-order valence-corrected chi connectivity index (χ4v) is 0.602. The van der Waals surface area contributed by atoms with Gasteiger partial charge in [0.15, 0.2) is 5.83 Å². The molecular formula is C6H6F2O. The maximum absolute atomic E-state index is 12.3. The number of hydrogen-bond acceptors (Lipinski definition) is 1. The minimum absolute atomic E-state index is 0.296. The predicted octanol–water partition coefficient (Wildman–Crippen LogP) is 1.46. The molecule has 1 nitrogen and oxygen atoms in total. The molecule has 0 aromatic rings. The quantitative estimate of drug-likeness (QED) is 0.529. The van der Waals surface area contributed by atoms with E-state index in [1.54, 1.807) is 0 Å². The molecule has 1 unspecified atom stereocenters. The first-order valence-electron chi connectivity index (χ1n) is 2.57. The summed E-state index contributed by atoms with van der Waals surface area (Å²) in [6.07, 6.45) is 3.34. The maximum Gasteiger partial charge on any atom is 0.262 e. The number of hydrogen-bond donors (Lipinski definition) is 1. The summed E-state index contributed by atoms with van der Waals surface area (Å²) < 4.78 is 24.5. The highest BCUT2D eigenvalue weighted by molar-refractivity contribution is 5.19. The standard InChI is InChI=1S/C6H6F2O/c7-5-3-1-2-4-6(5,8)9/h1-3,9H,4H2. The van der Waals surface area contributed by atoms with Gasteiger partial charge in [-0.25, -0.2) is 8.78 Å². The van der Waals surface area contributed by atoms with Gasteiger partial charge in [-0.3, -0.25) is 0 Å². The van der Waals surface area contributed by atoms with Gasteiger partial charge in [-0.1, -0.05) is 12.2 Å². The summed E-state index contributed by atoms with van der Waals surface area (Å²) in [7, 11) is 0. The fraction of sp³-hybridized carbons (Fsp3) is 0.333. The second-order valence-corrected chi connectivity index (χ2v) is 1.91. The van der Waals surface area contributed by atoms with E-state index >= 15 is 0 Å². The lowest BCUT2D eigenvalue weighted by Gasteiger charge is -2.16. The minimum atomic E-state index is -2.76. The Morgan fingerprint density at radius 3 is 2.67 bits per heavy atom. The summed E-state index contributed by atoms with van der Waals surface area (Å²) in [6.45, 7) is 0. The molecule has 0 amide bonds. The van der Waals surface area contributed by atoms with Crippen molar-refractivity contribution >= 4 is 0 Å². The minimum Gasteiger partial charge on any atom is -0.356 e. The van der Waals surface area contributed by atoms with Crippen molar-refractivity contribution in [3.8, 4) is 0 Å². The molecule has 0 fully saturated rings. The fourth-order valence-electron chi connectivity index (χ4n) is 0.602. The van der Waals surface area contributed by atoms with Crippen molar-refractivity contribution in [3.05, 3.63) is 24.1 Å². The highest BCUT2D eigenvalue weighted by Gasteiger charge is 2.31. The topological polar surface area (TPSA) is 20.2 Å². The zero-order chi connectivity index (χ0) is 6.91. The summed E-state index contributed by atoms with van der Waals surface area (Å²) in [6, 6.07) is 0. The normalized spacial score (nSPS) is 34.3. The highest BCUT2D eigenvalue weighted by atomic mass is 19.2. The van der Waals surface area contributed by atoms with E-state index < -0.39 is 11.7 Å². The van der Waals surface area contributed by atoms with Crippen molar-refractivity contribution in [2.75, 3.05) is 0 Å². The zero-order valence-corrected chi connectivity index (χ0v) is 4.64. The molecular weight excluding hydrogens is 126 g/mol. The van der Waals surface area contributed by atoms with Crippen LogP contribution in [-0.4, -0.2) is 11.0 Å². The predicted molar refractivity (Wildman–Crippen MR) is 29.0 cm³/mol. The average molecular weight is 132 g/mol. The molecule has 0 bridgehead atoms. The maximum atomic E-state index is 12.3. The lowest BCUT2D eigenvalue weighted by Crippen LogP contribution is -2.23. The van der Waals surface area contributed by atoms with E-state index in [9.17, 15) is 8.78 Å². The second kappa shape index (κ2) is 1.92. The van der Waals surface area contributed by atoms with E-state index in [1.165, 1.54) is 12.2 Å². The van der Waals surface area contributed by atoms with Gasteiger partial charge in [0.2, 0.25) is 0 Å². The largest absolute Gasteiger partial charge is 0.356 e. The molecule has 0 aromatic heterocycles. The number of aliphatic hydroxyl groups is 1. The van der Waals surface area contributed by atoms with Crippen LogP contribution in [0, 0.1) is 0 Å². The number of alkyl halides is 1. The molecule has 0 spiro atoms. The van der Waals surface area contributed by atoms with Gasteiger partial charge < -0.3 is 5.11 Å². The molecule has 50 valence electrons. The highest BCUT2D eigenvalue weighted by Crippen LogP contribution is 2.27. The molecule has 9 heavy (non-hydrogen) atoms. The monoisotopic (exact) mass is 132 g/mol. The molecule has 1 aliphatic carbocycles. The van der Waals surface area contributed by atoms with Crippen LogP contribution >= 0.6 is 0 Å². The van der Waals surface area contributed by atoms with Gasteiger partial charge >= 0.3 is 0 Å². The lowest BCUT2D eigenvalue weighted by molar-refractivity contribution is -0.0677. The molecule has 0 saturated carbocycles. The Kier molecular flexibility index (Phi) is 1.37. The summed E-state index contributed by atoms with van der Waals surface area (Å²) in [5, 5.41) is 8.48. The van der Waals surface area contributed by atoms with Crippen LogP contribution in [0.15, 0.2) is 24.1 Å². The molecule has 1 atom stereocenters. The van der Waals surface area contributed by atoms with Gasteiger partial charge in [0, 0.05) is 6.42 Å². The Labute approximate surface area is 51.3 Å². The first kappa shape index (κ1) is 6.42. The zero-order valence-electron chi connectivity index (χ0n) is 4.64. The van der Waals surface area contributed by atoms with Gasteiger partial charge in [0.1, 0.15) is 0 Å². The molecule has 0 heterocycles. The van der Waals surface area contributed by atoms with Crippen molar-refractivity contribution in [2.45, 2.75) is 12.3 Å². The number of rotatable bonds is 0. The summed E-state index contributed by atoms with van der Waals surface area (Å²) >= 11 is 0. The van der Waals surface area contributed by atoms with Crippen molar-refractivity contribution in [1.29, 1.82) is 0 Å². The second-order valence-electron chi connectivity index (χ2n) is 1.91. The van der Waals surface area contributed by atoms with E-state index in [0.717, 1.165) is 6.08 Å². The first-order chi connectivity index (χ1) is 4.13. The molecule has 0 saturated heterocycles. The van der Waals surface area contributed by atoms with Gasteiger partial charge in [-0.05, 0) is 6.08 Å². The van der Waals surface area contributed by atoms with Crippen LogP contribution in [0.1, 0.15) is 6.42 Å². The molecule has 3 heteroatoms. The van der Waals surface area contributed by atoms with E-state index in [1.807, 2.05) is 0 Å². The van der Waals surface area contributed by atoms with Gasteiger partial charge in [-0.15, -0.1) is 0 Å². The van der Waals surface area contributed by atoms with E-state index in [-0.39, 0.29) is 6.42 Å². The van der Waals surface area contributed by atoms with E-state index in [4.69, 9.17) is 5.11 Å². The average Bonchev–Trinajstić information content (AvgIpc) is 1.77.